The van der Waals surface area contributed by atoms with Crippen molar-refractivity contribution < 1.29 is 9.53 Å². The third-order valence-electron chi connectivity index (χ3n) is 4.77. The summed E-state index contributed by atoms with van der Waals surface area (Å²) in [6.07, 6.45) is 2.52. The maximum atomic E-state index is 12.3. The van der Waals surface area contributed by atoms with Crippen molar-refractivity contribution in [2.24, 2.45) is 11.3 Å². The Morgan fingerprint density at radius 3 is 3.15 bits per heavy atom. The summed E-state index contributed by atoms with van der Waals surface area (Å²) in [5.41, 5.74) is 2.14. The lowest BCUT2D eigenvalue weighted by Crippen LogP contribution is -2.31. The summed E-state index contributed by atoms with van der Waals surface area (Å²) in [5, 5.41) is 3.48. The second-order valence-corrected chi connectivity index (χ2v) is 6.93. The molecule has 2 atom stereocenters. The van der Waals surface area contributed by atoms with Gasteiger partial charge >= 0.3 is 5.97 Å². The van der Waals surface area contributed by atoms with Gasteiger partial charge in [-0.1, -0.05) is 30.4 Å². The van der Waals surface area contributed by atoms with Crippen molar-refractivity contribution in [2.45, 2.75) is 19.3 Å². The van der Waals surface area contributed by atoms with Crippen molar-refractivity contribution in [1.29, 1.82) is 0 Å². The van der Waals surface area contributed by atoms with Gasteiger partial charge in [0.25, 0.3) is 0 Å². The second kappa shape index (κ2) is 4.19. The van der Waals surface area contributed by atoms with E-state index in [-0.39, 0.29) is 11.4 Å². The zero-order chi connectivity index (χ0) is 13.7. The van der Waals surface area contributed by atoms with Crippen LogP contribution >= 0.6 is 11.3 Å². The Morgan fingerprint density at radius 2 is 2.25 bits per heavy atom. The summed E-state index contributed by atoms with van der Waals surface area (Å²) >= 11 is 1.76. The predicted octanol–water partition coefficient (Wildman–Crippen LogP) is 3.95. The van der Waals surface area contributed by atoms with Gasteiger partial charge in [-0.15, -0.1) is 11.3 Å². The van der Waals surface area contributed by atoms with Crippen molar-refractivity contribution in [3.05, 3.63) is 47.4 Å². The van der Waals surface area contributed by atoms with E-state index in [9.17, 15) is 4.79 Å². The molecule has 2 aliphatic rings. The van der Waals surface area contributed by atoms with Crippen molar-refractivity contribution in [3.8, 4) is 0 Å². The molecule has 2 heterocycles. The summed E-state index contributed by atoms with van der Waals surface area (Å²) in [6, 6.07) is 8.41. The predicted molar refractivity (Wildman–Crippen MR) is 80.8 cm³/mol. The summed E-state index contributed by atoms with van der Waals surface area (Å²) in [4.78, 5) is 12.3. The molecule has 1 aromatic heterocycles. The Bertz CT molecular complexity index is 715. The Labute approximate surface area is 122 Å². The van der Waals surface area contributed by atoms with Crippen LogP contribution in [-0.2, 0) is 16.0 Å². The van der Waals surface area contributed by atoms with Crippen LogP contribution in [0, 0.1) is 11.3 Å². The lowest BCUT2D eigenvalue weighted by molar-refractivity contribution is -0.146. The van der Waals surface area contributed by atoms with Gasteiger partial charge in [0.2, 0.25) is 0 Å². The number of hydrogen-bond acceptors (Lipinski definition) is 3. The monoisotopic (exact) mass is 284 g/mol. The fourth-order valence-electron chi connectivity index (χ4n) is 3.77. The molecule has 4 rings (SSSR count). The van der Waals surface area contributed by atoms with Crippen LogP contribution in [0.2, 0.25) is 0 Å². The molecule has 0 amide bonds. The summed E-state index contributed by atoms with van der Waals surface area (Å²) < 4.78 is 6.65. The number of hydrogen-bond donors (Lipinski definition) is 0. The first-order valence-corrected chi connectivity index (χ1v) is 7.86. The molecule has 1 aromatic carbocycles. The van der Waals surface area contributed by atoms with Gasteiger partial charge in [0.05, 0.1) is 12.0 Å². The minimum atomic E-state index is -0.346. The van der Waals surface area contributed by atoms with Gasteiger partial charge in [0, 0.05) is 10.6 Å². The number of ether oxygens (including phenoxy) is 1. The highest BCUT2D eigenvalue weighted by atomic mass is 32.1. The van der Waals surface area contributed by atoms with Crippen molar-refractivity contribution >= 4 is 27.4 Å². The van der Waals surface area contributed by atoms with Crippen LogP contribution in [0.3, 0.4) is 0 Å². The van der Waals surface area contributed by atoms with Crippen molar-refractivity contribution in [2.75, 3.05) is 6.61 Å². The van der Waals surface area contributed by atoms with E-state index in [0.717, 1.165) is 19.3 Å². The fourth-order valence-corrected chi connectivity index (χ4v) is 4.74. The third kappa shape index (κ3) is 1.59. The standard InChI is InChI=1S/C17H16O2S/c1-11-6-13-9-19-16(18)17(13,7-11)8-12-10-20-15-5-3-2-4-14(12)15/h2-5,10,13H,1,6-9H2/t13-,17+/m1/s1. The molecule has 20 heavy (non-hydrogen) atoms. The summed E-state index contributed by atoms with van der Waals surface area (Å²) in [7, 11) is 0. The molecule has 1 aliphatic carbocycles. The third-order valence-corrected chi connectivity index (χ3v) is 5.78. The lowest BCUT2D eigenvalue weighted by Gasteiger charge is -2.23. The first-order chi connectivity index (χ1) is 9.69. The number of allylic oxidation sites excluding steroid dienone is 1. The van der Waals surface area contributed by atoms with Crippen LogP contribution in [0.5, 0.6) is 0 Å². The second-order valence-electron chi connectivity index (χ2n) is 6.02. The van der Waals surface area contributed by atoms with Gasteiger partial charge in [-0.2, -0.15) is 0 Å². The Hall–Kier alpha value is -1.61. The van der Waals surface area contributed by atoms with Crippen LogP contribution in [0.15, 0.2) is 41.8 Å². The molecular weight excluding hydrogens is 268 g/mol. The Kier molecular flexibility index (Phi) is 2.55. The van der Waals surface area contributed by atoms with Crippen molar-refractivity contribution in [1.82, 2.24) is 0 Å². The normalized spacial score (nSPS) is 28.9. The van der Waals surface area contributed by atoms with Crippen LogP contribution in [0.1, 0.15) is 18.4 Å². The maximum Gasteiger partial charge on any atom is 0.313 e. The Balaban J connectivity index is 1.77. The van der Waals surface area contributed by atoms with Crippen LogP contribution in [0.4, 0.5) is 0 Å². The number of benzene rings is 1. The molecular formula is C17H16O2S. The molecule has 0 unspecified atom stereocenters. The molecule has 2 fully saturated rings. The molecule has 1 saturated heterocycles. The van der Waals surface area contributed by atoms with Crippen molar-refractivity contribution in [3.63, 3.8) is 0 Å². The highest BCUT2D eigenvalue weighted by Crippen LogP contribution is 2.53. The molecule has 2 nitrogen and oxygen atoms in total. The highest BCUT2D eigenvalue weighted by Gasteiger charge is 2.56. The highest BCUT2D eigenvalue weighted by molar-refractivity contribution is 7.17. The van der Waals surface area contributed by atoms with Gasteiger partial charge in [0.15, 0.2) is 0 Å². The number of rotatable bonds is 2. The zero-order valence-corrected chi connectivity index (χ0v) is 12.0. The van der Waals surface area contributed by atoms with Gasteiger partial charge in [-0.05, 0) is 41.7 Å². The van der Waals surface area contributed by atoms with E-state index >= 15 is 0 Å². The van der Waals surface area contributed by atoms with Crippen LogP contribution in [-0.4, -0.2) is 12.6 Å². The molecule has 0 radical (unpaired) electrons. The molecule has 1 saturated carbocycles. The van der Waals surface area contributed by atoms with E-state index in [0.29, 0.717) is 12.5 Å². The Morgan fingerprint density at radius 1 is 1.40 bits per heavy atom. The lowest BCUT2D eigenvalue weighted by atomic mass is 9.75. The number of carbonyl (C=O) groups excluding carboxylic acids is 1. The molecule has 0 N–H and O–H groups in total. The van der Waals surface area contributed by atoms with E-state index in [1.54, 1.807) is 11.3 Å². The van der Waals surface area contributed by atoms with E-state index in [1.165, 1.54) is 21.2 Å². The molecule has 102 valence electrons. The number of cyclic esters (lactones) is 1. The summed E-state index contributed by atoms with van der Waals surface area (Å²) in [6.45, 7) is 4.67. The number of fused-ring (bicyclic) bond motifs is 2. The molecule has 1 aliphatic heterocycles. The number of thiophene rings is 1. The van der Waals surface area contributed by atoms with E-state index in [1.807, 2.05) is 0 Å². The van der Waals surface area contributed by atoms with E-state index in [2.05, 4.69) is 36.2 Å². The number of carbonyl (C=O) groups is 1. The quantitative estimate of drug-likeness (QED) is 0.616. The average Bonchev–Trinajstić information content (AvgIpc) is 3.06. The molecule has 0 bridgehead atoms. The first kappa shape index (κ1) is 12.2. The molecule has 2 aromatic rings. The SMILES string of the molecule is C=C1C[C@@H]2COC(=O)[C@]2(Cc2csc3ccccc23)C1. The largest absolute Gasteiger partial charge is 0.465 e. The number of esters is 1. The summed E-state index contributed by atoms with van der Waals surface area (Å²) in [5.74, 6) is 0.303. The van der Waals surface area contributed by atoms with Gasteiger partial charge < -0.3 is 4.74 Å². The van der Waals surface area contributed by atoms with Gasteiger partial charge in [0.1, 0.15) is 0 Å². The smallest absolute Gasteiger partial charge is 0.313 e. The first-order valence-electron chi connectivity index (χ1n) is 6.98. The fraction of sp³-hybridized carbons (Fsp3) is 0.353. The van der Waals surface area contributed by atoms with Crippen LogP contribution < -0.4 is 0 Å². The zero-order valence-electron chi connectivity index (χ0n) is 11.2. The van der Waals surface area contributed by atoms with Crippen LogP contribution in [0.25, 0.3) is 10.1 Å². The minimum Gasteiger partial charge on any atom is -0.465 e. The maximum absolute atomic E-state index is 12.3. The minimum absolute atomic E-state index is 0.0172. The van der Waals surface area contributed by atoms with E-state index < -0.39 is 0 Å². The van der Waals surface area contributed by atoms with E-state index in [4.69, 9.17) is 4.74 Å². The van der Waals surface area contributed by atoms with Gasteiger partial charge in [-0.25, -0.2) is 0 Å². The van der Waals surface area contributed by atoms with Gasteiger partial charge in [-0.3, -0.25) is 4.79 Å². The topological polar surface area (TPSA) is 26.3 Å². The average molecular weight is 284 g/mol. The molecule has 3 heteroatoms. The molecule has 0 spiro atoms.